The fourth-order valence-corrected chi connectivity index (χ4v) is 4.23. The number of hydrazone groups is 1. The first-order valence-electron chi connectivity index (χ1n) is 12.1. The number of aromatic nitrogens is 5. The zero-order valence-corrected chi connectivity index (χ0v) is 20.4. The molecular formula is C25H27N9O3. The molecule has 12 nitrogen and oxygen atoms in total. The predicted molar refractivity (Wildman–Crippen MR) is 137 cm³/mol. The molecule has 37 heavy (non-hydrogen) atoms. The SMILES string of the molecule is CCCOc1ccccc1/C=N/NC(=O)c1nnn(-c2nonc2N)c1CN1CCCc2ccccc21. The molecule has 0 saturated heterocycles. The third kappa shape index (κ3) is 5.13. The highest BCUT2D eigenvalue weighted by Crippen LogP contribution is 2.29. The minimum absolute atomic E-state index is 0.0406. The number of ether oxygens (including phenoxy) is 1. The first-order valence-corrected chi connectivity index (χ1v) is 12.1. The van der Waals surface area contributed by atoms with E-state index in [2.05, 4.69) is 48.2 Å². The predicted octanol–water partition coefficient (Wildman–Crippen LogP) is 2.74. The summed E-state index contributed by atoms with van der Waals surface area (Å²) in [5.41, 5.74) is 12.1. The van der Waals surface area contributed by atoms with Crippen molar-refractivity contribution in [1.82, 2.24) is 30.7 Å². The minimum atomic E-state index is -0.523. The monoisotopic (exact) mass is 501 g/mol. The number of nitrogens with zero attached hydrogens (tertiary/aromatic N) is 7. The first kappa shape index (κ1) is 24.0. The Morgan fingerprint density at radius 1 is 1.22 bits per heavy atom. The molecule has 0 aliphatic carbocycles. The first-order chi connectivity index (χ1) is 18.2. The van der Waals surface area contributed by atoms with Crippen LogP contribution in [0.15, 0.2) is 58.3 Å². The van der Waals surface area contributed by atoms with Gasteiger partial charge in [0.25, 0.3) is 5.91 Å². The third-order valence-corrected chi connectivity index (χ3v) is 5.97. The Labute approximate surface area is 213 Å². The number of nitrogens with two attached hydrogens (primary N) is 1. The molecule has 3 N–H and O–H groups in total. The van der Waals surface area contributed by atoms with E-state index in [-0.39, 0.29) is 17.3 Å². The summed E-state index contributed by atoms with van der Waals surface area (Å²) in [4.78, 5) is 15.4. The van der Waals surface area contributed by atoms with Gasteiger partial charge in [0.15, 0.2) is 5.69 Å². The molecule has 0 atom stereocenters. The number of anilines is 2. The van der Waals surface area contributed by atoms with Crippen LogP contribution in [0, 0.1) is 0 Å². The molecule has 1 aliphatic rings. The van der Waals surface area contributed by atoms with Crippen molar-refractivity contribution in [3.63, 3.8) is 0 Å². The smallest absolute Gasteiger partial charge is 0.293 e. The maximum atomic E-state index is 13.2. The van der Waals surface area contributed by atoms with Gasteiger partial charge in [-0.25, -0.2) is 10.1 Å². The Hall–Kier alpha value is -4.74. The van der Waals surface area contributed by atoms with Crippen molar-refractivity contribution in [3.05, 3.63) is 71.0 Å². The molecule has 4 aromatic rings. The molecule has 12 heteroatoms. The number of hydrogen-bond donors (Lipinski definition) is 2. The molecular weight excluding hydrogens is 474 g/mol. The molecule has 0 saturated carbocycles. The summed E-state index contributed by atoms with van der Waals surface area (Å²) < 4.78 is 11.9. The molecule has 0 unspecified atom stereocenters. The van der Waals surface area contributed by atoms with Gasteiger partial charge in [0.05, 0.1) is 25.1 Å². The van der Waals surface area contributed by atoms with E-state index in [1.807, 2.05) is 43.3 Å². The number of nitrogen functional groups attached to an aromatic ring is 1. The van der Waals surface area contributed by atoms with Crippen LogP contribution < -0.4 is 20.8 Å². The fraction of sp³-hybridized carbons (Fsp3) is 0.280. The average molecular weight is 502 g/mol. The van der Waals surface area contributed by atoms with E-state index in [1.165, 1.54) is 16.5 Å². The zero-order chi connectivity index (χ0) is 25.6. The number of fused-ring (bicyclic) bond motifs is 1. The molecule has 3 heterocycles. The van der Waals surface area contributed by atoms with Crippen LogP contribution >= 0.6 is 0 Å². The van der Waals surface area contributed by atoms with E-state index >= 15 is 0 Å². The van der Waals surface area contributed by atoms with Crippen LogP contribution in [0.1, 0.15) is 47.1 Å². The standard InChI is InChI=1S/C25H27N9O3/c1-2-14-36-21-12-6-4-9-18(21)15-27-29-25(35)22-20(34(32-28-22)24-23(26)30-37-31-24)16-33-13-7-10-17-8-3-5-11-19(17)33/h3-6,8-9,11-12,15H,2,7,10,13-14,16H2,1H3,(H2,26,30)(H,29,35)/b27-15+. The van der Waals surface area contributed by atoms with Crippen LogP contribution in [0.5, 0.6) is 5.75 Å². The number of carbonyl (C=O) groups is 1. The molecule has 2 aromatic carbocycles. The lowest BCUT2D eigenvalue weighted by atomic mass is 10.0. The van der Waals surface area contributed by atoms with Crippen molar-refractivity contribution in [2.75, 3.05) is 23.8 Å². The van der Waals surface area contributed by atoms with Crippen molar-refractivity contribution >= 4 is 23.6 Å². The summed E-state index contributed by atoms with van der Waals surface area (Å²) in [6.45, 7) is 3.77. The fourth-order valence-electron chi connectivity index (χ4n) is 4.23. The Morgan fingerprint density at radius 3 is 2.89 bits per heavy atom. The van der Waals surface area contributed by atoms with Crippen LogP contribution in [0.3, 0.4) is 0 Å². The topological polar surface area (TPSA) is 150 Å². The van der Waals surface area contributed by atoms with Gasteiger partial charge < -0.3 is 15.4 Å². The number of nitrogens with one attached hydrogen (secondary N) is 1. The Morgan fingerprint density at radius 2 is 2.05 bits per heavy atom. The van der Waals surface area contributed by atoms with Gasteiger partial charge in [-0.2, -0.15) is 9.78 Å². The van der Waals surface area contributed by atoms with Crippen LogP contribution in [0.2, 0.25) is 0 Å². The Balaban J connectivity index is 1.42. The Bertz CT molecular complexity index is 1410. The van der Waals surface area contributed by atoms with Crippen molar-refractivity contribution in [1.29, 1.82) is 0 Å². The van der Waals surface area contributed by atoms with Gasteiger partial charge in [0.2, 0.25) is 11.6 Å². The van der Waals surface area contributed by atoms with Crippen molar-refractivity contribution < 1.29 is 14.2 Å². The van der Waals surface area contributed by atoms with Gasteiger partial charge in [-0.3, -0.25) is 4.79 Å². The number of hydrogen-bond acceptors (Lipinski definition) is 10. The van der Waals surface area contributed by atoms with Gasteiger partial charge in [-0.05, 0) is 53.3 Å². The molecule has 0 radical (unpaired) electrons. The van der Waals surface area contributed by atoms with Crippen LogP contribution in [0.25, 0.3) is 5.82 Å². The number of benzene rings is 2. The van der Waals surface area contributed by atoms with Crippen molar-refractivity contribution in [2.45, 2.75) is 32.7 Å². The molecule has 190 valence electrons. The zero-order valence-electron chi connectivity index (χ0n) is 20.4. The van der Waals surface area contributed by atoms with Crippen molar-refractivity contribution in [2.24, 2.45) is 5.10 Å². The molecule has 5 rings (SSSR count). The summed E-state index contributed by atoms with van der Waals surface area (Å²) in [6.07, 6.45) is 4.40. The van der Waals surface area contributed by atoms with Gasteiger partial charge in [0.1, 0.15) is 5.75 Å². The minimum Gasteiger partial charge on any atom is -0.493 e. The normalized spacial score (nSPS) is 13.1. The van der Waals surface area contributed by atoms with E-state index < -0.39 is 5.91 Å². The quantitative estimate of drug-likeness (QED) is 0.261. The van der Waals surface area contributed by atoms with Crippen LogP contribution in [-0.4, -0.2) is 50.6 Å². The van der Waals surface area contributed by atoms with E-state index in [1.54, 1.807) is 0 Å². The molecule has 2 aromatic heterocycles. The maximum Gasteiger partial charge on any atom is 0.293 e. The molecule has 1 amide bonds. The van der Waals surface area contributed by atoms with Gasteiger partial charge in [0, 0.05) is 17.8 Å². The highest BCUT2D eigenvalue weighted by atomic mass is 16.6. The second-order valence-electron chi connectivity index (χ2n) is 8.51. The largest absolute Gasteiger partial charge is 0.493 e. The van der Waals surface area contributed by atoms with Gasteiger partial charge in [-0.15, -0.1) is 5.10 Å². The highest BCUT2D eigenvalue weighted by molar-refractivity contribution is 5.94. The van der Waals surface area contributed by atoms with E-state index in [4.69, 9.17) is 15.1 Å². The number of para-hydroxylation sites is 2. The van der Waals surface area contributed by atoms with Gasteiger partial charge >= 0.3 is 0 Å². The summed E-state index contributed by atoms with van der Waals surface area (Å²) in [6, 6.07) is 15.7. The maximum absolute atomic E-state index is 13.2. The lowest BCUT2D eigenvalue weighted by Crippen LogP contribution is -2.31. The lowest BCUT2D eigenvalue weighted by Gasteiger charge is -2.31. The average Bonchev–Trinajstić information content (AvgIpc) is 3.53. The summed E-state index contributed by atoms with van der Waals surface area (Å²) in [5, 5.41) is 19.9. The third-order valence-electron chi connectivity index (χ3n) is 5.97. The van der Waals surface area contributed by atoms with E-state index in [0.29, 0.717) is 24.6 Å². The molecule has 1 aliphatic heterocycles. The molecule has 0 fully saturated rings. The number of aryl methyl sites for hydroxylation is 1. The second-order valence-corrected chi connectivity index (χ2v) is 8.51. The summed E-state index contributed by atoms with van der Waals surface area (Å²) in [5.74, 6) is 0.368. The van der Waals surface area contributed by atoms with Crippen LogP contribution in [0.4, 0.5) is 11.5 Å². The highest BCUT2D eigenvalue weighted by Gasteiger charge is 2.27. The summed E-state index contributed by atoms with van der Waals surface area (Å²) >= 11 is 0. The second kappa shape index (κ2) is 10.9. The van der Waals surface area contributed by atoms with Crippen molar-refractivity contribution in [3.8, 4) is 11.6 Å². The molecule has 0 bridgehead atoms. The van der Waals surface area contributed by atoms with E-state index in [9.17, 15) is 4.79 Å². The number of rotatable bonds is 9. The van der Waals surface area contributed by atoms with Gasteiger partial charge in [-0.1, -0.05) is 42.5 Å². The lowest BCUT2D eigenvalue weighted by molar-refractivity contribution is 0.0949. The number of amides is 1. The summed E-state index contributed by atoms with van der Waals surface area (Å²) in [7, 11) is 0. The number of carbonyl (C=O) groups excluding carboxylic acids is 1. The Kier molecular flexibility index (Phi) is 7.06. The van der Waals surface area contributed by atoms with Crippen LogP contribution in [-0.2, 0) is 13.0 Å². The van der Waals surface area contributed by atoms with E-state index in [0.717, 1.165) is 37.1 Å². The molecule has 0 spiro atoms.